The number of nitrogen functional groups attached to an aromatic ring is 1. The number of anilines is 1. The zero-order chi connectivity index (χ0) is 12.8. The van der Waals surface area contributed by atoms with E-state index < -0.39 is 5.72 Å². The summed E-state index contributed by atoms with van der Waals surface area (Å²) in [7, 11) is 0. The molecule has 1 spiro atoms. The van der Waals surface area contributed by atoms with Gasteiger partial charge in [0.05, 0.1) is 16.3 Å². The maximum Gasteiger partial charge on any atom is 0.258 e. The highest BCUT2D eigenvalue weighted by atomic mass is 35.5. The Kier molecular flexibility index (Phi) is 2.60. The Morgan fingerprint density at radius 3 is 2.78 bits per heavy atom. The van der Waals surface area contributed by atoms with Gasteiger partial charge in [-0.3, -0.25) is 4.79 Å². The van der Waals surface area contributed by atoms with Gasteiger partial charge in [0.2, 0.25) is 0 Å². The number of hydrogen-bond donors (Lipinski definition) is 3. The first-order valence-electron chi connectivity index (χ1n) is 5.91. The van der Waals surface area contributed by atoms with Crippen molar-refractivity contribution in [2.45, 2.75) is 18.6 Å². The molecule has 2 aliphatic heterocycles. The van der Waals surface area contributed by atoms with Crippen LogP contribution in [0.5, 0.6) is 5.75 Å². The van der Waals surface area contributed by atoms with Crippen molar-refractivity contribution in [2.75, 3.05) is 18.8 Å². The number of carbonyl (C=O) groups excluding carboxylic acids is 1. The van der Waals surface area contributed by atoms with Gasteiger partial charge in [-0.2, -0.15) is 0 Å². The molecular weight excluding hydrogens is 254 g/mol. The van der Waals surface area contributed by atoms with Crippen molar-refractivity contribution < 1.29 is 9.53 Å². The SMILES string of the molecule is Nc1cc2c(cc1Cl)C(=O)NC1(CCNCC1)O2. The molecule has 0 atom stereocenters. The Morgan fingerprint density at radius 1 is 1.33 bits per heavy atom. The van der Waals surface area contributed by atoms with Gasteiger partial charge in [-0.1, -0.05) is 11.6 Å². The van der Waals surface area contributed by atoms with Gasteiger partial charge < -0.3 is 21.1 Å². The Balaban J connectivity index is 2.01. The topological polar surface area (TPSA) is 76.4 Å². The van der Waals surface area contributed by atoms with Crippen molar-refractivity contribution in [3.63, 3.8) is 0 Å². The molecule has 2 heterocycles. The van der Waals surface area contributed by atoms with Crippen LogP contribution in [0, 0.1) is 0 Å². The van der Waals surface area contributed by atoms with E-state index in [2.05, 4.69) is 10.6 Å². The third kappa shape index (κ3) is 1.79. The highest BCUT2D eigenvalue weighted by molar-refractivity contribution is 6.33. The first-order chi connectivity index (χ1) is 8.60. The normalized spacial score (nSPS) is 21.1. The molecule has 6 heteroatoms. The molecule has 0 saturated carbocycles. The molecule has 0 aliphatic carbocycles. The summed E-state index contributed by atoms with van der Waals surface area (Å²) in [6, 6.07) is 3.18. The van der Waals surface area contributed by atoms with Crippen molar-refractivity contribution in [3.05, 3.63) is 22.7 Å². The first-order valence-corrected chi connectivity index (χ1v) is 6.29. The van der Waals surface area contributed by atoms with Crippen molar-refractivity contribution >= 4 is 23.2 Å². The Bertz CT molecular complexity index is 512. The number of carbonyl (C=O) groups is 1. The lowest BCUT2D eigenvalue weighted by molar-refractivity contribution is -0.00345. The number of fused-ring (bicyclic) bond motifs is 1. The van der Waals surface area contributed by atoms with Crippen LogP contribution in [0.3, 0.4) is 0 Å². The molecule has 0 aromatic heterocycles. The summed E-state index contributed by atoms with van der Waals surface area (Å²) >= 11 is 5.92. The largest absolute Gasteiger partial charge is 0.467 e. The fourth-order valence-electron chi connectivity index (χ4n) is 2.40. The van der Waals surface area contributed by atoms with E-state index in [9.17, 15) is 4.79 Å². The fraction of sp³-hybridized carbons (Fsp3) is 0.417. The molecule has 3 rings (SSSR count). The molecule has 1 fully saturated rings. The summed E-state index contributed by atoms with van der Waals surface area (Å²) in [5.41, 5.74) is 6.02. The number of benzene rings is 1. The van der Waals surface area contributed by atoms with Crippen LogP contribution in [0.4, 0.5) is 5.69 Å². The molecule has 5 nitrogen and oxygen atoms in total. The monoisotopic (exact) mass is 267 g/mol. The Hall–Kier alpha value is -1.46. The second-order valence-corrected chi connectivity index (χ2v) is 5.08. The van der Waals surface area contributed by atoms with Gasteiger partial charge in [0, 0.05) is 32.0 Å². The van der Waals surface area contributed by atoms with Crippen molar-refractivity contribution in [1.82, 2.24) is 10.6 Å². The number of rotatable bonds is 0. The molecule has 1 saturated heterocycles. The zero-order valence-electron chi connectivity index (χ0n) is 9.75. The van der Waals surface area contributed by atoms with Crippen molar-refractivity contribution in [2.24, 2.45) is 0 Å². The van der Waals surface area contributed by atoms with Crippen LogP contribution in [0.2, 0.25) is 5.02 Å². The smallest absolute Gasteiger partial charge is 0.258 e. The number of hydrogen-bond acceptors (Lipinski definition) is 4. The number of halogens is 1. The van der Waals surface area contributed by atoms with Crippen LogP contribution in [-0.2, 0) is 0 Å². The second-order valence-electron chi connectivity index (χ2n) is 4.67. The van der Waals surface area contributed by atoms with E-state index in [1.165, 1.54) is 0 Å². The highest BCUT2D eigenvalue weighted by Crippen LogP contribution is 2.36. The summed E-state index contributed by atoms with van der Waals surface area (Å²) in [5.74, 6) is 0.364. The summed E-state index contributed by atoms with van der Waals surface area (Å²) in [5, 5.41) is 6.54. The molecule has 1 amide bonds. The number of nitrogens with one attached hydrogen (secondary N) is 2. The quantitative estimate of drug-likeness (QED) is 0.616. The van der Waals surface area contributed by atoms with E-state index in [0.29, 0.717) is 22.0 Å². The predicted octanol–water partition coefficient (Wildman–Crippen LogP) is 1.12. The van der Waals surface area contributed by atoms with E-state index >= 15 is 0 Å². The minimum absolute atomic E-state index is 0.153. The zero-order valence-corrected chi connectivity index (χ0v) is 10.5. The maximum absolute atomic E-state index is 12.1. The van der Waals surface area contributed by atoms with Gasteiger partial charge >= 0.3 is 0 Å². The Morgan fingerprint density at radius 2 is 2.06 bits per heavy atom. The van der Waals surface area contributed by atoms with Crippen LogP contribution >= 0.6 is 11.6 Å². The molecule has 96 valence electrons. The van der Waals surface area contributed by atoms with Gasteiger partial charge in [-0.15, -0.1) is 0 Å². The molecule has 2 aliphatic rings. The molecule has 0 unspecified atom stereocenters. The number of nitrogens with two attached hydrogens (primary N) is 1. The van der Waals surface area contributed by atoms with Crippen LogP contribution in [0.15, 0.2) is 12.1 Å². The minimum Gasteiger partial charge on any atom is -0.467 e. The lowest BCUT2D eigenvalue weighted by Crippen LogP contribution is -2.60. The van der Waals surface area contributed by atoms with Gasteiger partial charge in [0.15, 0.2) is 5.72 Å². The molecule has 18 heavy (non-hydrogen) atoms. The average Bonchev–Trinajstić information content (AvgIpc) is 2.33. The molecule has 0 radical (unpaired) electrons. The van der Waals surface area contributed by atoms with E-state index in [1.807, 2.05) is 0 Å². The van der Waals surface area contributed by atoms with Crippen LogP contribution < -0.4 is 21.1 Å². The lowest BCUT2D eigenvalue weighted by atomic mass is 9.98. The number of ether oxygens (including phenoxy) is 1. The standard InChI is InChI=1S/C12H14ClN3O2/c13-8-5-7-10(6-9(8)14)18-12(16-11(7)17)1-3-15-4-2-12/h5-6,15H,1-4,14H2,(H,16,17). The van der Waals surface area contributed by atoms with E-state index in [0.717, 1.165) is 25.9 Å². The third-order valence-corrected chi connectivity index (χ3v) is 3.73. The average molecular weight is 268 g/mol. The Labute approximate surface area is 110 Å². The second kappa shape index (κ2) is 4.03. The minimum atomic E-state index is -0.602. The molecule has 1 aromatic rings. The molecule has 0 bridgehead atoms. The van der Waals surface area contributed by atoms with Crippen molar-refractivity contribution in [1.29, 1.82) is 0 Å². The van der Waals surface area contributed by atoms with Crippen LogP contribution in [-0.4, -0.2) is 24.7 Å². The van der Waals surface area contributed by atoms with Gasteiger partial charge in [0.1, 0.15) is 5.75 Å². The van der Waals surface area contributed by atoms with Gasteiger partial charge in [0.25, 0.3) is 5.91 Å². The first kappa shape index (κ1) is 11.6. The highest BCUT2D eigenvalue weighted by Gasteiger charge is 2.40. The lowest BCUT2D eigenvalue weighted by Gasteiger charge is -2.41. The number of amides is 1. The number of piperidine rings is 1. The van der Waals surface area contributed by atoms with E-state index in [-0.39, 0.29) is 5.91 Å². The molecule has 1 aromatic carbocycles. The van der Waals surface area contributed by atoms with Crippen molar-refractivity contribution in [3.8, 4) is 5.75 Å². The predicted molar refractivity (Wildman–Crippen MR) is 68.8 cm³/mol. The van der Waals surface area contributed by atoms with E-state index in [4.69, 9.17) is 22.1 Å². The third-order valence-electron chi connectivity index (χ3n) is 3.40. The van der Waals surface area contributed by atoms with E-state index in [1.54, 1.807) is 12.1 Å². The fourth-order valence-corrected chi connectivity index (χ4v) is 2.56. The maximum atomic E-state index is 12.1. The molecular formula is C12H14ClN3O2. The van der Waals surface area contributed by atoms with Gasteiger partial charge in [-0.25, -0.2) is 0 Å². The molecule has 4 N–H and O–H groups in total. The van der Waals surface area contributed by atoms with Gasteiger partial charge in [-0.05, 0) is 6.07 Å². The summed E-state index contributed by atoms with van der Waals surface area (Å²) in [4.78, 5) is 12.1. The van der Waals surface area contributed by atoms with Crippen LogP contribution in [0.1, 0.15) is 23.2 Å². The van der Waals surface area contributed by atoms with Crippen LogP contribution in [0.25, 0.3) is 0 Å². The summed E-state index contributed by atoms with van der Waals surface area (Å²) in [6.07, 6.45) is 1.47. The summed E-state index contributed by atoms with van der Waals surface area (Å²) in [6.45, 7) is 1.64. The summed E-state index contributed by atoms with van der Waals surface area (Å²) < 4.78 is 5.96.